The van der Waals surface area contributed by atoms with Gasteiger partial charge in [-0.1, -0.05) is 19.4 Å². The molecule has 1 aromatic carbocycles. The first-order valence-electron chi connectivity index (χ1n) is 6.82. The lowest BCUT2D eigenvalue weighted by Gasteiger charge is -2.10. The number of rotatable bonds is 6. The van der Waals surface area contributed by atoms with Crippen molar-refractivity contribution < 1.29 is 17.9 Å². The highest BCUT2D eigenvalue weighted by molar-refractivity contribution is 7.89. The average Bonchev–Trinajstić information content (AvgIpc) is 3.16. The predicted octanol–water partition coefficient (Wildman–Crippen LogP) is 1.01. The normalized spacial score (nSPS) is 21.1. The molecular weight excluding hydrogens is 292 g/mol. The predicted molar refractivity (Wildman–Crippen MR) is 78.2 cm³/mol. The number of ether oxygens (including phenoxy) is 1. The summed E-state index contributed by atoms with van der Waals surface area (Å²) in [6.07, 6.45) is 2.01. The molecule has 1 aromatic rings. The van der Waals surface area contributed by atoms with Gasteiger partial charge >= 0.3 is 0 Å². The van der Waals surface area contributed by atoms with Crippen LogP contribution in [0.15, 0.2) is 23.1 Å². The van der Waals surface area contributed by atoms with Gasteiger partial charge < -0.3 is 10.1 Å². The van der Waals surface area contributed by atoms with Crippen molar-refractivity contribution in [3.05, 3.63) is 29.3 Å². The van der Waals surface area contributed by atoms with Crippen LogP contribution in [0.2, 0.25) is 0 Å². The molecule has 0 saturated heterocycles. The highest BCUT2D eigenvalue weighted by atomic mass is 32.2. The second-order valence-electron chi connectivity index (χ2n) is 5.28. The standard InChI is InChI=1S/C14H20N2O4S/c1-3-9-6-12(9)16-14(17)10-4-5-11(8-20-2)13(7-10)21(15,18)19/h4-5,7,9,12H,3,6,8H2,1-2H3,(H,16,17)(H2,15,18,19). The Balaban J connectivity index is 2.23. The Hall–Kier alpha value is -1.44. The van der Waals surface area contributed by atoms with E-state index in [1.54, 1.807) is 12.1 Å². The SMILES string of the molecule is CCC1CC1NC(=O)c1ccc(COC)c(S(N)(=O)=O)c1. The van der Waals surface area contributed by atoms with Gasteiger partial charge in [-0.15, -0.1) is 0 Å². The van der Waals surface area contributed by atoms with Gasteiger partial charge in [0.2, 0.25) is 10.0 Å². The Labute approximate surface area is 124 Å². The maximum atomic E-state index is 12.1. The van der Waals surface area contributed by atoms with Crippen LogP contribution in [-0.4, -0.2) is 27.5 Å². The van der Waals surface area contributed by atoms with Crippen LogP contribution in [0.25, 0.3) is 0 Å². The van der Waals surface area contributed by atoms with Crippen LogP contribution in [-0.2, 0) is 21.4 Å². The summed E-state index contributed by atoms with van der Waals surface area (Å²) in [4.78, 5) is 12.1. The number of hydrogen-bond acceptors (Lipinski definition) is 4. The molecular formula is C14H20N2O4S. The molecule has 2 atom stereocenters. The Kier molecular flexibility index (Phi) is 4.65. The maximum absolute atomic E-state index is 12.1. The first kappa shape index (κ1) is 15.9. The molecule has 7 heteroatoms. The summed E-state index contributed by atoms with van der Waals surface area (Å²) < 4.78 is 28.2. The highest BCUT2D eigenvalue weighted by Crippen LogP contribution is 2.33. The molecule has 116 valence electrons. The molecule has 0 heterocycles. The molecule has 2 rings (SSSR count). The van der Waals surface area contributed by atoms with E-state index < -0.39 is 10.0 Å². The summed E-state index contributed by atoms with van der Waals surface area (Å²) in [5, 5.41) is 8.09. The molecule has 2 unspecified atom stereocenters. The van der Waals surface area contributed by atoms with Gasteiger partial charge in [-0.2, -0.15) is 0 Å². The van der Waals surface area contributed by atoms with Crippen LogP contribution in [0, 0.1) is 5.92 Å². The van der Waals surface area contributed by atoms with Gasteiger partial charge in [0.05, 0.1) is 11.5 Å². The van der Waals surface area contributed by atoms with Crippen molar-refractivity contribution in [3.8, 4) is 0 Å². The third kappa shape index (κ3) is 3.81. The van der Waals surface area contributed by atoms with Crippen molar-refractivity contribution in [2.24, 2.45) is 11.1 Å². The van der Waals surface area contributed by atoms with E-state index >= 15 is 0 Å². The molecule has 6 nitrogen and oxygen atoms in total. The number of primary sulfonamides is 1. The van der Waals surface area contributed by atoms with Gasteiger partial charge in [0.1, 0.15) is 0 Å². The molecule has 1 fully saturated rings. The van der Waals surface area contributed by atoms with Crippen LogP contribution in [0.5, 0.6) is 0 Å². The van der Waals surface area contributed by atoms with Crippen molar-refractivity contribution >= 4 is 15.9 Å². The highest BCUT2D eigenvalue weighted by Gasteiger charge is 2.36. The number of nitrogens with one attached hydrogen (secondary N) is 1. The van der Waals surface area contributed by atoms with E-state index in [-0.39, 0.29) is 23.5 Å². The zero-order valence-corrected chi connectivity index (χ0v) is 12.9. The molecule has 3 N–H and O–H groups in total. The van der Waals surface area contributed by atoms with Crippen molar-refractivity contribution in [1.29, 1.82) is 0 Å². The van der Waals surface area contributed by atoms with Crippen LogP contribution in [0.4, 0.5) is 0 Å². The van der Waals surface area contributed by atoms with Crippen molar-refractivity contribution in [1.82, 2.24) is 5.32 Å². The quantitative estimate of drug-likeness (QED) is 0.819. The van der Waals surface area contributed by atoms with Gasteiger partial charge in [0.25, 0.3) is 5.91 Å². The molecule has 0 spiro atoms. The number of hydrogen-bond donors (Lipinski definition) is 2. The Morgan fingerprint density at radius 1 is 1.48 bits per heavy atom. The molecule has 1 aliphatic carbocycles. The molecule has 1 amide bonds. The van der Waals surface area contributed by atoms with E-state index in [0.717, 1.165) is 12.8 Å². The van der Waals surface area contributed by atoms with Crippen molar-refractivity contribution in [3.63, 3.8) is 0 Å². The number of benzene rings is 1. The third-order valence-corrected chi connectivity index (χ3v) is 4.69. The van der Waals surface area contributed by atoms with E-state index in [1.807, 2.05) is 0 Å². The number of carbonyl (C=O) groups excluding carboxylic acids is 1. The maximum Gasteiger partial charge on any atom is 0.251 e. The van der Waals surface area contributed by atoms with Crippen molar-refractivity contribution in [2.75, 3.05) is 7.11 Å². The number of amides is 1. The van der Waals surface area contributed by atoms with E-state index in [9.17, 15) is 13.2 Å². The molecule has 0 radical (unpaired) electrons. The van der Waals surface area contributed by atoms with Gasteiger partial charge in [-0.05, 0) is 30.0 Å². The summed E-state index contributed by atoms with van der Waals surface area (Å²) in [7, 11) is -2.44. The fourth-order valence-electron chi connectivity index (χ4n) is 2.36. The monoisotopic (exact) mass is 312 g/mol. The van der Waals surface area contributed by atoms with E-state index in [0.29, 0.717) is 17.0 Å². The van der Waals surface area contributed by atoms with E-state index in [1.165, 1.54) is 13.2 Å². The van der Waals surface area contributed by atoms with E-state index in [2.05, 4.69) is 12.2 Å². The minimum atomic E-state index is -3.90. The Morgan fingerprint density at radius 3 is 2.71 bits per heavy atom. The van der Waals surface area contributed by atoms with Crippen LogP contribution in [0.3, 0.4) is 0 Å². The lowest BCUT2D eigenvalue weighted by atomic mass is 10.1. The molecule has 0 bridgehead atoms. The fraction of sp³-hybridized carbons (Fsp3) is 0.500. The van der Waals surface area contributed by atoms with Gasteiger partial charge in [0, 0.05) is 18.7 Å². The Morgan fingerprint density at radius 2 is 2.19 bits per heavy atom. The number of carbonyl (C=O) groups is 1. The largest absolute Gasteiger partial charge is 0.380 e. The average molecular weight is 312 g/mol. The minimum absolute atomic E-state index is 0.0696. The number of methoxy groups -OCH3 is 1. The smallest absolute Gasteiger partial charge is 0.251 e. The molecule has 0 aliphatic heterocycles. The Bertz CT molecular complexity index is 642. The lowest BCUT2D eigenvalue weighted by Crippen LogP contribution is -2.27. The fourth-order valence-corrected chi connectivity index (χ4v) is 3.15. The van der Waals surface area contributed by atoms with Crippen molar-refractivity contribution in [2.45, 2.75) is 37.3 Å². The first-order valence-corrected chi connectivity index (χ1v) is 8.37. The van der Waals surface area contributed by atoms with Crippen LogP contribution < -0.4 is 10.5 Å². The summed E-state index contributed by atoms with van der Waals surface area (Å²) in [6.45, 7) is 2.20. The van der Waals surface area contributed by atoms with Crippen LogP contribution >= 0.6 is 0 Å². The lowest BCUT2D eigenvalue weighted by molar-refractivity contribution is 0.0948. The van der Waals surface area contributed by atoms with Gasteiger partial charge in [0.15, 0.2) is 0 Å². The summed E-state index contributed by atoms with van der Waals surface area (Å²) in [5.41, 5.74) is 0.732. The number of nitrogens with two attached hydrogens (primary N) is 1. The van der Waals surface area contributed by atoms with Gasteiger partial charge in [-0.25, -0.2) is 13.6 Å². The second kappa shape index (κ2) is 6.13. The van der Waals surface area contributed by atoms with Gasteiger partial charge in [-0.3, -0.25) is 4.79 Å². The first-order chi connectivity index (χ1) is 9.86. The topological polar surface area (TPSA) is 98.5 Å². The zero-order valence-electron chi connectivity index (χ0n) is 12.1. The van der Waals surface area contributed by atoms with Crippen LogP contribution in [0.1, 0.15) is 35.7 Å². The zero-order chi connectivity index (χ0) is 15.6. The molecule has 1 aliphatic rings. The number of sulfonamides is 1. The second-order valence-corrected chi connectivity index (χ2v) is 6.81. The third-order valence-electron chi connectivity index (χ3n) is 3.70. The molecule has 21 heavy (non-hydrogen) atoms. The molecule has 0 aromatic heterocycles. The summed E-state index contributed by atoms with van der Waals surface area (Å²) in [6, 6.07) is 4.64. The molecule has 1 saturated carbocycles. The minimum Gasteiger partial charge on any atom is -0.380 e. The summed E-state index contributed by atoms with van der Waals surface area (Å²) >= 11 is 0. The van der Waals surface area contributed by atoms with E-state index in [4.69, 9.17) is 9.88 Å². The summed E-state index contributed by atoms with van der Waals surface area (Å²) in [5.74, 6) is 0.254.